The molecule has 1 aromatic rings. The van der Waals surface area contributed by atoms with Gasteiger partial charge < -0.3 is 10.1 Å². The third-order valence-electron chi connectivity index (χ3n) is 4.07. The molecule has 1 aliphatic rings. The van der Waals surface area contributed by atoms with Gasteiger partial charge in [-0.1, -0.05) is 19.1 Å². The first kappa shape index (κ1) is 13.4. The Morgan fingerprint density at radius 2 is 1.94 bits per heavy atom. The standard InChI is InChI=1S/C16H25NO/c1-12-4-7-15(8-5-12)17-11-14-6-9-16(18-3)13(2)10-14/h6,9-10,12,15,17H,4-5,7-8,11H2,1-3H3. The van der Waals surface area contributed by atoms with E-state index in [4.69, 9.17) is 4.74 Å². The van der Waals surface area contributed by atoms with Crippen LogP contribution in [0.15, 0.2) is 18.2 Å². The fourth-order valence-corrected chi connectivity index (χ4v) is 2.78. The lowest BCUT2D eigenvalue weighted by molar-refractivity contribution is 0.306. The maximum atomic E-state index is 5.29. The van der Waals surface area contributed by atoms with E-state index in [-0.39, 0.29) is 0 Å². The molecule has 1 saturated carbocycles. The van der Waals surface area contributed by atoms with Crippen LogP contribution in [0.4, 0.5) is 0 Å². The lowest BCUT2D eigenvalue weighted by Crippen LogP contribution is -2.32. The van der Waals surface area contributed by atoms with Crippen molar-refractivity contribution in [3.63, 3.8) is 0 Å². The molecular weight excluding hydrogens is 222 g/mol. The van der Waals surface area contributed by atoms with Crippen LogP contribution in [0.3, 0.4) is 0 Å². The molecule has 1 aromatic carbocycles. The van der Waals surface area contributed by atoms with Crippen LogP contribution in [-0.4, -0.2) is 13.2 Å². The normalized spacial score (nSPS) is 23.9. The molecule has 18 heavy (non-hydrogen) atoms. The molecule has 2 nitrogen and oxygen atoms in total. The monoisotopic (exact) mass is 247 g/mol. The highest BCUT2D eigenvalue weighted by molar-refractivity contribution is 5.36. The number of hydrogen-bond acceptors (Lipinski definition) is 2. The maximum Gasteiger partial charge on any atom is 0.121 e. The number of nitrogens with one attached hydrogen (secondary N) is 1. The van der Waals surface area contributed by atoms with E-state index in [9.17, 15) is 0 Å². The Kier molecular flexibility index (Phi) is 4.65. The summed E-state index contributed by atoms with van der Waals surface area (Å²) in [5.74, 6) is 1.90. The van der Waals surface area contributed by atoms with E-state index in [1.807, 2.05) is 0 Å². The summed E-state index contributed by atoms with van der Waals surface area (Å²) in [6, 6.07) is 7.15. The van der Waals surface area contributed by atoms with Gasteiger partial charge in [-0.2, -0.15) is 0 Å². The molecule has 1 aliphatic carbocycles. The van der Waals surface area contributed by atoms with Crippen molar-refractivity contribution in [2.45, 2.75) is 52.1 Å². The first-order valence-corrected chi connectivity index (χ1v) is 7.06. The van der Waals surface area contributed by atoms with Gasteiger partial charge in [0.1, 0.15) is 5.75 Å². The second-order valence-electron chi connectivity index (χ2n) is 5.64. The van der Waals surface area contributed by atoms with Crippen LogP contribution < -0.4 is 10.1 Å². The second kappa shape index (κ2) is 6.24. The third-order valence-corrected chi connectivity index (χ3v) is 4.07. The molecule has 0 aromatic heterocycles. The number of benzene rings is 1. The number of hydrogen-bond donors (Lipinski definition) is 1. The van der Waals surface area contributed by atoms with E-state index in [1.54, 1.807) is 7.11 Å². The summed E-state index contributed by atoms with van der Waals surface area (Å²) in [5, 5.41) is 3.68. The summed E-state index contributed by atoms with van der Waals surface area (Å²) in [5.41, 5.74) is 2.57. The van der Waals surface area contributed by atoms with Crippen molar-refractivity contribution in [2.75, 3.05) is 7.11 Å². The van der Waals surface area contributed by atoms with Crippen molar-refractivity contribution in [2.24, 2.45) is 5.92 Å². The van der Waals surface area contributed by atoms with Crippen LogP contribution in [0.5, 0.6) is 5.75 Å². The largest absolute Gasteiger partial charge is 0.496 e. The van der Waals surface area contributed by atoms with Gasteiger partial charge in [-0.25, -0.2) is 0 Å². The van der Waals surface area contributed by atoms with Gasteiger partial charge in [0.05, 0.1) is 7.11 Å². The molecule has 0 radical (unpaired) electrons. The summed E-state index contributed by atoms with van der Waals surface area (Å²) in [6.07, 6.45) is 5.41. The molecule has 0 heterocycles. The van der Waals surface area contributed by atoms with Crippen molar-refractivity contribution in [3.05, 3.63) is 29.3 Å². The van der Waals surface area contributed by atoms with Gasteiger partial charge in [-0.05, 0) is 55.7 Å². The highest BCUT2D eigenvalue weighted by Crippen LogP contribution is 2.24. The number of methoxy groups -OCH3 is 1. The summed E-state index contributed by atoms with van der Waals surface area (Å²) >= 11 is 0. The fourth-order valence-electron chi connectivity index (χ4n) is 2.78. The van der Waals surface area contributed by atoms with Crippen LogP contribution in [-0.2, 0) is 6.54 Å². The van der Waals surface area contributed by atoms with Crippen LogP contribution in [0.1, 0.15) is 43.7 Å². The molecule has 0 bridgehead atoms. The third kappa shape index (κ3) is 3.49. The zero-order valence-corrected chi connectivity index (χ0v) is 11.8. The number of aryl methyl sites for hydroxylation is 1. The van der Waals surface area contributed by atoms with Gasteiger partial charge in [-0.3, -0.25) is 0 Å². The van der Waals surface area contributed by atoms with E-state index >= 15 is 0 Å². The predicted molar refractivity (Wildman–Crippen MR) is 76.0 cm³/mol. The van der Waals surface area contributed by atoms with Gasteiger partial charge >= 0.3 is 0 Å². The minimum absolute atomic E-state index is 0.712. The SMILES string of the molecule is COc1ccc(CNC2CCC(C)CC2)cc1C. The molecule has 0 saturated heterocycles. The van der Waals surface area contributed by atoms with E-state index in [0.29, 0.717) is 6.04 Å². The Bertz CT molecular complexity index is 381. The molecule has 1 N–H and O–H groups in total. The molecule has 2 heteroatoms. The molecule has 0 atom stereocenters. The van der Waals surface area contributed by atoms with Crippen molar-refractivity contribution in [3.8, 4) is 5.75 Å². The van der Waals surface area contributed by atoms with Gasteiger partial charge in [0, 0.05) is 12.6 Å². The molecule has 0 spiro atoms. The molecule has 0 unspecified atom stereocenters. The Labute approximate surface area is 111 Å². The zero-order valence-electron chi connectivity index (χ0n) is 11.8. The lowest BCUT2D eigenvalue weighted by atomic mass is 9.87. The smallest absolute Gasteiger partial charge is 0.121 e. The van der Waals surface area contributed by atoms with Gasteiger partial charge in [-0.15, -0.1) is 0 Å². The second-order valence-corrected chi connectivity index (χ2v) is 5.64. The van der Waals surface area contributed by atoms with E-state index in [1.165, 1.54) is 36.8 Å². The lowest BCUT2D eigenvalue weighted by Gasteiger charge is -2.27. The van der Waals surface area contributed by atoms with Crippen molar-refractivity contribution < 1.29 is 4.74 Å². The number of ether oxygens (including phenoxy) is 1. The van der Waals surface area contributed by atoms with Gasteiger partial charge in [0.2, 0.25) is 0 Å². The Balaban J connectivity index is 1.84. The zero-order chi connectivity index (χ0) is 13.0. The van der Waals surface area contributed by atoms with Crippen LogP contribution in [0, 0.1) is 12.8 Å². The van der Waals surface area contributed by atoms with Crippen molar-refractivity contribution >= 4 is 0 Å². The van der Waals surface area contributed by atoms with Crippen molar-refractivity contribution in [1.82, 2.24) is 5.32 Å². The Morgan fingerprint density at radius 1 is 1.22 bits per heavy atom. The average molecular weight is 247 g/mol. The Morgan fingerprint density at radius 3 is 2.56 bits per heavy atom. The highest BCUT2D eigenvalue weighted by atomic mass is 16.5. The molecule has 2 rings (SSSR count). The van der Waals surface area contributed by atoms with Crippen molar-refractivity contribution in [1.29, 1.82) is 0 Å². The molecule has 0 aliphatic heterocycles. The summed E-state index contributed by atoms with van der Waals surface area (Å²) in [4.78, 5) is 0. The summed E-state index contributed by atoms with van der Waals surface area (Å²) < 4.78 is 5.29. The molecular formula is C16H25NO. The minimum Gasteiger partial charge on any atom is -0.496 e. The maximum absolute atomic E-state index is 5.29. The van der Waals surface area contributed by atoms with Crippen LogP contribution in [0.25, 0.3) is 0 Å². The first-order valence-electron chi connectivity index (χ1n) is 7.06. The molecule has 1 fully saturated rings. The Hall–Kier alpha value is -1.02. The van der Waals surface area contributed by atoms with E-state index < -0.39 is 0 Å². The number of rotatable bonds is 4. The first-order chi connectivity index (χ1) is 8.69. The summed E-state index contributed by atoms with van der Waals surface area (Å²) in [6.45, 7) is 5.44. The highest BCUT2D eigenvalue weighted by Gasteiger charge is 2.17. The predicted octanol–water partition coefficient (Wildman–Crippen LogP) is 3.67. The average Bonchev–Trinajstić information content (AvgIpc) is 2.38. The van der Waals surface area contributed by atoms with Crippen LogP contribution in [0.2, 0.25) is 0 Å². The molecule has 0 amide bonds. The van der Waals surface area contributed by atoms with Crippen LogP contribution >= 0.6 is 0 Å². The van der Waals surface area contributed by atoms with Gasteiger partial charge in [0.25, 0.3) is 0 Å². The minimum atomic E-state index is 0.712. The quantitative estimate of drug-likeness (QED) is 0.876. The summed E-state index contributed by atoms with van der Waals surface area (Å²) in [7, 11) is 1.73. The molecule has 100 valence electrons. The van der Waals surface area contributed by atoms with Gasteiger partial charge in [0.15, 0.2) is 0 Å². The fraction of sp³-hybridized carbons (Fsp3) is 0.625. The van der Waals surface area contributed by atoms with E-state index in [2.05, 4.69) is 37.4 Å². The van der Waals surface area contributed by atoms with E-state index in [0.717, 1.165) is 18.2 Å². The topological polar surface area (TPSA) is 21.3 Å².